The number of rotatable bonds is 3. The molecule has 0 fully saturated rings. The van der Waals surface area contributed by atoms with Crippen LogP contribution in [0.5, 0.6) is 5.75 Å². The minimum atomic E-state index is 0.0853. The van der Waals surface area contributed by atoms with Gasteiger partial charge in [0.1, 0.15) is 11.9 Å². The van der Waals surface area contributed by atoms with Gasteiger partial charge in [0.15, 0.2) is 0 Å². The normalized spacial score (nSPS) is 12.6. The monoisotopic (exact) mass is 179 g/mol. The van der Waals surface area contributed by atoms with Gasteiger partial charge in [0, 0.05) is 6.54 Å². The van der Waals surface area contributed by atoms with Crippen LogP contribution in [0.15, 0.2) is 18.2 Å². The van der Waals surface area contributed by atoms with Gasteiger partial charge in [0.05, 0.1) is 0 Å². The molecule has 0 aliphatic heterocycles. The first-order valence-corrected chi connectivity index (χ1v) is 4.57. The van der Waals surface area contributed by atoms with Crippen molar-refractivity contribution in [3.8, 4) is 5.75 Å². The Morgan fingerprint density at radius 3 is 2.54 bits per heavy atom. The summed E-state index contributed by atoms with van der Waals surface area (Å²) in [6, 6.07) is 6.09. The smallest absolute Gasteiger partial charge is 0.120 e. The van der Waals surface area contributed by atoms with Crippen molar-refractivity contribution in [3.05, 3.63) is 29.3 Å². The van der Waals surface area contributed by atoms with Crippen molar-refractivity contribution in [3.63, 3.8) is 0 Å². The van der Waals surface area contributed by atoms with Crippen LogP contribution in [0, 0.1) is 13.8 Å². The van der Waals surface area contributed by atoms with Gasteiger partial charge in [0.2, 0.25) is 0 Å². The largest absolute Gasteiger partial charge is 0.489 e. The van der Waals surface area contributed by atoms with Crippen LogP contribution in [-0.2, 0) is 0 Å². The second-order valence-electron chi connectivity index (χ2n) is 3.41. The Morgan fingerprint density at radius 1 is 1.31 bits per heavy atom. The molecular formula is C11H17NO. The third kappa shape index (κ3) is 2.74. The molecule has 0 saturated carbocycles. The van der Waals surface area contributed by atoms with E-state index in [1.54, 1.807) is 0 Å². The first-order chi connectivity index (χ1) is 6.13. The Labute approximate surface area is 79.7 Å². The molecule has 1 aromatic rings. The average Bonchev–Trinajstić information content (AvgIpc) is 2.11. The standard InChI is InChI=1S/C11H17NO/c1-8-4-5-11(6-9(8)2)13-10(3)7-12/h4-6,10H,7,12H2,1-3H3/t10-/m0/s1. The van der Waals surface area contributed by atoms with Crippen molar-refractivity contribution < 1.29 is 4.74 Å². The van der Waals surface area contributed by atoms with E-state index < -0.39 is 0 Å². The molecule has 2 nitrogen and oxygen atoms in total. The molecular weight excluding hydrogens is 162 g/mol. The summed E-state index contributed by atoms with van der Waals surface area (Å²) in [7, 11) is 0. The van der Waals surface area contributed by atoms with Gasteiger partial charge >= 0.3 is 0 Å². The van der Waals surface area contributed by atoms with Crippen LogP contribution in [0.4, 0.5) is 0 Å². The van der Waals surface area contributed by atoms with E-state index in [1.807, 2.05) is 19.1 Å². The van der Waals surface area contributed by atoms with Crippen LogP contribution in [0.3, 0.4) is 0 Å². The lowest BCUT2D eigenvalue weighted by Crippen LogP contribution is -2.22. The van der Waals surface area contributed by atoms with E-state index in [-0.39, 0.29) is 6.10 Å². The Kier molecular flexibility index (Phi) is 3.32. The number of ether oxygens (including phenoxy) is 1. The molecule has 0 bridgehead atoms. The molecule has 0 spiro atoms. The minimum absolute atomic E-state index is 0.0853. The fourth-order valence-corrected chi connectivity index (χ4v) is 1.07. The number of nitrogens with two attached hydrogens (primary N) is 1. The number of hydrogen-bond acceptors (Lipinski definition) is 2. The lowest BCUT2D eigenvalue weighted by Gasteiger charge is -2.13. The third-order valence-corrected chi connectivity index (χ3v) is 2.15. The van der Waals surface area contributed by atoms with Crippen molar-refractivity contribution >= 4 is 0 Å². The molecule has 1 rings (SSSR count). The van der Waals surface area contributed by atoms with Crippen LogP contribution < -0.4 is 10.5 Å². The molecule has 2 heteroatoms. The summed E-state index contributed by atoms with van der Waals surface area (Å²) < 4.78 is 5.57. The SMILES string of the molecule is Cc1ccc(O[C@@H](C)CN)cc1C. The van der Waals surface area contributed by atoms with Crippen LogP contribution in [0.2, 0.25) is 0 Å². The summed E-state index contributed by atoms with van der Waals surface area (Å²) in [4.78, 5) is 0. The van der Waals surface area contributed by atoms with Gasteiger partial charge in [-0.25, -0.2) is 0 Å². The maximum atomic E-state index is 5.57. The molecule has 0 saturated heterocycles. The summed E-state index contributed by atoms with van der Waals surface area (Å²) in [5.74, 6) is 0.904. The van der Waals surface area contributed by atoms with Gasteiger partial charge in [-0.05, 0) is 44.0 Å². The van der Waals surface area contributed by atoms with E-state index in [1.165, 1.54) is 11.1 Å². The van der Waals surface area contributed by atoms with E-state index in [0.717, 1.165) is 5.75 Å². The zero-order valence-electron chi connectivity index (χ0n) is 8.50. The summed E-state index contributed by atoms with van der Waals surface area (Å²) in [5, 5.41) is 0. The van der Waals surface area contributed by atoms with Gasteiger partial charge < -0.3 is 10.5 Å². The van der Waals surface area contributed by atoms with E-state index in [0.29, 0.717) is 6.54 Å². The number of benzene rings is 1. The minimum Gasteiger partial charge on any atom is -0.489 e. The summed E-state index contributed by atoms with van der Waals surface area (Å²) in [6.07, 6.45) is 0.0853. The van der Waals surface area contributed by atoms with Crippen molar-refractivity contribution in [2.24, 2.45) is 5.73 Å². The molecule has 0 amide bonds. The highest BCUT2D eigenvalue weighted by atomic mass is 16.5. The molecule has 1 aromatic carbocycles. The van der Waals surface area contributed by atoms with Gasteiger partial charge in [-0.1, -0.05) is 6.07 Å². The second kappa shape index (κ2) is 4.28. The molecule has 0 radical (unpaired) electrons. The number of hydrogen-bond donors (Lipinski definition) is 1. The van der Waals surface area contributed by atoms with E-state index in [2.05, 4.69) is 19.9 Å². The molecule has 0 unspecified atom stereocenters. The van der Waals surface area contributed by atoms with Crippen LogP contribution in [0.25, 0.3) is 0 Å². The topological polar surface area (TPSA) is 35.2 Å². The van der Waals surface area contributed by atoms with Gasteiger partial charge in [-0.2, -0.15) is 0 Å². The summed E-state index contributed by atoms with van der Waals surface area (Å²) >= 11 is 0. The molecule has 0 heterocycles. The van der Waals surface area contributed by atoms with E-state index in [4.69, 9.17) is 10.5 Å². The van der Waals surface area contributed by atoms with Crippen molar-refractivity contribution in [2.75, 3.05) is 6.54 Å². The van der Waals surface area contributed by atoms with Crippen LogP contribution in [-0.4, -0.2) is 12.6 Å². The quantitative estimate of drug-likeness (QED) is 0.770. The molecule has 0 aliphatic rings. The molecule has 0 aromatic heterocycles. The summed E-state index contributed by atoms with van der Waals surface area (Å²) in [5.41, 5.74) is 8.00. The predicted molar refractivity (Wildman–Crippen MR) is 55.1 cm³/mol. The highest BCUT2D eigenvalue weighted by molar-refractivity contribution is 5.33. The highest BCUT2D eigenvalue weighted by Gasteiger charge is 2.01. The van der Waals surface area contributed by atoms with Crippen molar-refractivity contribution in [1.82, 2.24) is 0 Å². The fraction of sp³-hybridized carbons (Fsp3) is 0.455. The maximum Gasteiger partial charge on any atom is 0.120 e. The zero-order chi connectivity index (χ0) is 9.84. The van der Waals surface area contributed by atoms with Crippen LogP contribution in [0.1, 0.15) is 18.1 Å². The third-order valence-electron chi connectivity index (χ3n) is 2.15. The molecule has 0 aliphatic carbocycles. The Hall–Kier alpha value is -1.02. The van der Waals surface area contributed by atoms with Crippen LogP contribution >= 0.6 is 0 Å². The van der Waals surface area contributed by atoms with E-state index in [9.17, 15) is 0 Å². The average molecular weight is 179 g/mol. The Balaban J connectivity index is 2.73. The molecule has 13 heavy (non-hydrogen) atoms. The molecule has 72 valence electrons. The fourth-order valence-electron chi connectivity index (χ4n) is 1.07. The summed E-state index contributed by atoms with van der Waals surface area (Å²) in [6.45, 7) is 6.68. The Morgan fingerprint density at radius 2 is 2.00 bits per heavy atom. The van der Waals surface area contributed by atoms with Crippen molar-refractivity contribution in [1.29, 1.82) is 0 Å². The highest BCUT2D eigenvalue weighted by Crippen LogP contribution is 2.17. The zero-order valence-corrected chi connectivity index (χ0v) is 8.50. The molecule has 2 N–H and O–H groups in total. The first kappa shape index (κ1) is 10.1. The maximum absolute atomic E-state index is 5.57. The molecule has 1 atom stereocenters. The first-order valence-electron chi connectivity index (χ1n) is 4.57. The van der Waals surface area contributed by atoms with Gasteiger partial charge in [-0.3, -0.25) is 0 Å². The predicted octanol–water partition coefficient (Wildman–Crippen LogP) is 2.03. The van der Waals surface area contributed by atoms with Gasteiger partial charge in [-0.15, -0.1) is 0 Å². The lowest BCUT2D eigenvalue weighted by atomic mass is 10.1. The van der Waals surface area contributed by atoms with E-state index >= 15 is 0 Å². The number of aryl methyl sites for hydroxylation is 2. The second-order valence-corrected chi connectivity index (χ2v) is 3.41. The lowest BCUT2D eigenvalue weighted by molar-refractivity contribution is 0.230. The van der Waals surface area contributed by atoms with Crippen molar-refractivity contribution in [2.45, 2.75) is 26.9 Å². The Bertz CT molecular complexity index is 283. The van der Waals surface area contributed by atoms with Gasteiger partial charge in [0.25, 0.3) is 0 Å².